The Hall–Kier alpha value is -1.21. The van der Waals surface area contributed by atoms with Gasteiger partial charge in [-0.2, -0.15) is 16.7 Å². The summed E-state index contributed by atoms with van der Waals surface area (Å²) < 4.78 is 5.27. The van der Waals surface area contributed by atoms with E-state index in [1.807, 2.05) is 13.2 Å². The largest absolute Gasteiger partial charge is 0.476 e. The Kier molecular flexibility index (Phi) is 5.49. The van der Waals surface area contributed by atoms with Crippen LogP contribution in [0.5, 0.6) is 5.88 Å². The first kappa shape index (κ1) is 14.8. The number of hydrogen-bond acceptors (Lipinski definition) is 7. The van der Waals surface area contributed by atoms with E-state index in [-0.39, 0.29) is 0 Å². The van der Waals surface area contributed by atoms with Crippen LogP contribution in [0.4, 0.5) is 11.5 Å². The highest BCUT2D eigenvalue weighted by Crippen LogP contribution is 2.25. The van der Waals surface area contributed by atoms with Crippen LogP contribution in [0.25, 0.3) is 0 Å². The molecule has 1 aromatic rings. The summed E-state index contributed by atoms with van der Waals surface area (Å²) in [6.07, 6.45) is 3.33. The number of nitrogen functional groups attached to an aromatic ring is 1. The molecule has 0 saturated carbocycles. The van der Waals surface area contributed by atoms with Gasteiger partial charge in [0.25, 0.3) is 0 Å². The van der Waals surface area contributed by atoms with Crippen LogP contribution in [-0.4, -0.2) is 45.8 Å². The monoisotopic (exact) mass is 272 g/mol. The maximum Gasteiger partial charge on any atom is 0.242 e. The lowest BCUT2D eigenvalue weighted by Gasteiger charge is -2.23. The number of rotatable bonds is 7. The molecule has 1 unspecified atom stereocenters. The van der Waals surface area contributed by atoms with E-state index in [1.54, 1.807) is 18.7 Å². The summed E-state index contributed by atoms with van der Waals surface area (Å²) in [5.74, 6) is 1.47. The van der Waals surface area contributed by atoms with Crippen molar-refractivity contribution in [3.63, 3.8) is 0 Å². The van der Waals surface area contributed by atoms with E-state index in [2.05, 4.69) is 15.3 Å². The van der Waals surface area contributed by atoms with Crippen molar-refractivity contribution in [2.45, 2.75) is 19.4 Å². The summed E-state index contributed by atoms with van der Waals surface area (Å²) in [7, 11) is 0. The Morgan fingerprint density at radius 2 is 2.28 bits per heavy atom. The third-order valence-electron chi connectivity index (χ3n) is 2.22. The highest BCUT2D eigenvalue weighted by molar-refractivity contribution is 7.98. The van der Waals surface area contributed by atoms with E-state index in [4.69, 9.17) is 10.5 Å². The van der Waals surface area contributed by atoms with Gasteiger partial charge in [-0.15, -0.1) is 0 Å². The Morgan fingerprint density at radius 1 is 1.56 bits per heavy atom. The molecule has 7 heteroatoms. The number of anilines is 2. The molecule has 0 spiro atoms. The number of ether oxygens (including phenoxy) is 1. The number of thioether (sulfide) groups is 1. The minimum atomic E-state index is -0.817. The standard InChI is InChI=1S/C11H20N4O2S/c1-4-17-10-8(12)9(14-7-15-10)13-5-11(2,16)6-18-3/h7,16H,4-6,12H2,1-3H3,(H,13,14,15). The summed E-state index contributed by atoms with van der Waals surface area (Å²) in [6.45, 7) is 4.47. The van der Waals surface area contributed by atoms with Gasteiger partial charge < -0.3 is 20.9 Å². The smallest absolute Gasteiger partial charge is 0.242 e. The van der Waals surface area contributed by atoms with Crippen LogP contribution in [0.3, 0.4) is 0 Å². The first-order chi connectivity index (χ1) is 8.50. The number of hydrogen-bond donors (Lipinski definition) is 3. The predicted octanol–water partition coefficient (Wildman–Crippen LogP) is 0.983. The Balaban J connectivity index is 2.70. The molecule has 0 radical (unpaired) electrons. The number of nitrogens with zero attached hydrogens (tertiary/aromatic N) is 2. The average Bonchev–Trinajstić information content (AvgIpc) is 2.30. The summed E-state index contributed by atoms with van der Waals surface area (Å²) in [6, 6.07) is 0. The molecule has 1 aromatic heterocycles. The maximum atomic E-state index is 10.0. The molecular formula is C11H20N4O2S. The molecule has 1 heterocycles. The summed E-state index contributed by atoms with van der Waals surface area (Å²) in [5.41, 5.74) is 5.42. The summed E-state index contributed by atoms with van der Waals surface area (Å²) in [4.78, 5) is 7.98. The Bertz CT molecular complexity index is 387. The van der Waals surface area contributed by atoms with E-state index in [1.165, 1.54) is 6.33 Å². The van der Waals surface area contributed by atoms with Gasteiger partial charge in [-0.1, -0.05) is 0 Å². The van der Waals surface area contributed by atoms with Crippen LogP contribution >= 0.6 is 11.8 Å². The lowest BCUT2D eigenvalue weighted by Crippen LogP contribution is -2.36. The van der Waals surface area contributed by atoms with Crippen molar-refractivity contribution >= 4 is 23.3 Å². The van der Waals surface area contributed by atoms with Gasteiger partial charge >= 0.3 is 0 Å². The molecule has 0 aliphatic heterocycles. The number of aromatic nitrogens is 2. The second-order valence-electron chi connectivity index (χ2n) is 4.16. The van der Waals surface area contributed by atoms with Gasteiger partial charge in [0, 0.05) is 12.3 Å². The van der Waals surface area contributed by atoms with Crippen molar-refractivity contribution in [3.8, 4) is 5.88 Å². The minimum absolute atomic E-state index is 0.360. The topological polar surface area (TPSA) is 93.3 Å². The summed E-state index contributed by atoms with van der Waals surface area (Å²) >= 11 is 1.58. The highest BCUT2D eigenvalue weighted by Gasteiger charge is 2.20. The van der Waals surface area contributed by atoms with Gasteiger partial charge in [0.2, 0.25) is 5.88 Å². The zero-order chi connectivity index (χ0) is 13.6. The lowest BCUT2D eigenvalue weighted by atomic mass is 10.1. The Morgan fingerprint density at radius 3 is 2.89 bits per heavy atom. The SMILES string of the molecule is CCOc1ncnc(NCC(C)(O)CSC)c1N. The van der Waals surface area contributed by atoms with Crippen molar-refractivity contribution in [1.29, 1.82) is 0 Å². The van der Waals surface area contributed by atoms with E-state index < -0.39 is 5.60 Å². The average molecular weight is 272 g/mol. The van der Waals surface area contributed by atoms with Crippen LogP contribution in [0.15, 0.2) is 6.33 Å². The van der Waals surface area contributed by atoms with Crippen molar-refractivity contribution in [2.24, 2.45) is 0 Å². The van der Waals surface area contributed by atoms with Crippen molar-refractivity contribution in [3.05, 3.63) is 6.33 Å². The molecule has 0 bridgehead atoms. The van der Waals surface area contributed by atoms with Gasteiger partial charge in [-0.05, 0) is 20.1 Å². The third-order valence-corrected chi connectivity index (χ3v) is 3.13. The fourth-order valence-corrected chi connectivity index (χ4v) is 2.13. The molecule has 102 valence electrons. The molecule has 4 N–H and O–H groups in total. The number of nitrogens with two attached hydrogens (primary N) is 1. The van der Waals surface area contributed by atoms with E-state index >= 15 is 0 Å². The van der Waals surface area contributed by atoms with Crippen LogP contribution < -0.4 is 15.8 Å². The molecule has 1 rings (SSSR count). The van der Waals surface area contributed by atoms with Gasteiger partial charge in [-0.25, -0.2) is 4.98 Å². The second-order valence-corrected chi connectivity index (χ2v) is 5.02. The lowest BCUT2D eigenvalue weighted by molar-refractivity contribution is 0.0996. The van der Waals surface area contributed by atoms with Crippen molar-refractivity contribution < 1.29 is 9.84 Å². The molecule has 0 aliphatic carbocycles. The maximum absolute atomic E-state index is 10.0. The normalized spacial score (nSPS) is 14.0. The highest BCUT2D eigenvalue weighted by atomic mass is 32.2. The van der Waals surface area contributed by atoms with Gasteiger partial charge in [0.05, 0.1) is 12.2 Å². The van der Waals surface area contributed by atoms with Crippen LogP contribution in [0.2, 0.25) is 0 Å². The number of aliphatic hydroxyl groups is 1. The minimum Gasteiger partial charge on any atom is -0.476 e. The van der Waals surface area contributed by atoms with Gasteiger partial charge in [0.15, 0.2) is 5.82 Å². The van der Waals surface area contributed by atoms with E-state index in [9.17, 15) is 5.11 Å². The second kappa shape index (κ2) is 6.65. The van der Waals surface area contributed by atoms with Crippen LogP contribution in [-0.2, 0) is 0 Å². The predicted molar refractivity (Wildman–Crippen MR) is 75.1 cm³/mol. The molecule has 0 fully saturated rings. The Labute approximate surface area is 111 Å². The van der Waals surface area contributed by atoms with Crippen molar-refractivity contribution in [2.75, 3.05) is 36.2 Å². The van der Waals surface area contributed by atoms with E-state index in [0.29, 0.717) is 36.3 Å². The van der Waals surface area contributed by atoms with Gasteiger partial charge in [-0.3, -0.25) is 0 Å². The molecule has 18 heavy (non-hydrogen) atoms. The third kappa shape index (κ3) is 4.23. The quantitative estimate of drug-likeness (QED) is 0.681. The molecular weight excluding hydrogens is 252 g/mol. The molecule has 6 nitrogen and oxygen atoms in total. The van der Waals surface area contributed by atoms with Crippen molar-refractivity contribution in [1.82, 2.24) is 9.97 Å². The van der Waals surface area contributed by atoms with E-state index in [0.717, 1.165) is 0 Å². The van der Waals surface area contributed by atoms with Crippen LogP contribution in [0.1, 0.15) is 13.8 Å². The van der Waals surface area contributed by atoms with Crippen LogP contribution in [0, 0.1) is 0 Å². The zero-order valence-electron chi connectivity index (χ0n) is 10.9. The fraction of sp³-hybridized carbons (Fsp3) is 0.636. The molecule has 0 aliphatic rings. The summed E-state index contributed by atoms with van der Waals surface area (Å²) in [5, 5.41) is 13.1. The fourth-order valence-electron chi connectivity index (χ4n) is 1.41. The first-order valence-corrected chi connectivity index (χ1v) is 7.08. The number of nitrogens with one attached hydrogen (secondary N) is 1. The molecule has 0 aromatic carbocycles. The first-order valence-electron chi connectivity index (χ1n) is 5.68. The zero-order valence-corrected chi connectivity index (χ0v) is 11.8. The molecule has 0 saturated heterocycles. The molecule has 0 amide bonds. The molecule has 1 atom stereocenters. The van der Waals surface area contributed by atoms with Gasteiger partial charge in [0.1, 0.15) is 12.0 Å².